The van der Waals surface area contributed by atoms with E-state index in [4.69, 9.17) is 0 Å². The van der Waals surface area contributed by atoms with E-state index in [1.807, 2.05) is 20.8 Å². The summed E-state index contributed by atoms with van der Waals surface area (Å²) in [6.07, 6.45) is 0.513. The molecule has 0 amide bonds. The number of nitrogens with zero attached hydrogens (tertiary/aromatic N) is 4. The number of hydrogen-bond acceptors (Lipinski definition) is 7. The molecule has 0 saturated carbocycles. The molecule has 8 nitrogen and oxygen atoms in total. The molecular formula is C16H21N4O4S-. The van der Waals surface area contributed by atoms with E-state index < -0.39 is 22.5 Å². The minimum Gasteiger partial charge on any atom is -0.549 e. The largest absolute Gasteiger partial charge is 0.549 e. The number of thioether (sulfide) groups is 1. The fourth-order valence-corrected chi connectivity index (χ4v) is 3.21. The van der Waals surface area contributed by atoms with Gasteiger partial charge in [-0.3, -0.25) is 13.9 Å². The number of carboxylic acid groups (broad SMARTS) is 1. The topological polar surface area (TPSA) is 110 Å². The highest BCUT2D eigenvalue weighted by Crippen LogP contribution is 2.27. The highest BCUT2D eigenvalue weighted by atomic mass is 32.2. The van der Waals surface area contributed by atoms with Crippen molar-refractivity contribution in [2.45, 2.75) is 44.4 Å². The molecule has 0 radical (unpaired) electrons. The number of hydrogen-bond donors (Lipinski definition) is 0. The van der Waals surface area contributed by atoms with Gasteiger partial charge in [-0.25, -0.2) is 14.8 Å². The summed E-state index contributed by atoms with van der Waals surface area (Å²) in [4.78, 5) is 44.7. The van der Waals surface area contributed by atoms with Crippen molar-refractivity contribution in [1.29, 1.82) is 0 Å². The Morgan fingerprint density at radius 1 is 1.20 bits per heavy atom. The van der Waals surface area contributed by atoms with Crippen LogP contribution in [-0.2, 0) is 25.3 Å². The molecule has 0 spiro atoms. The maximum absolute atomic E-state index is 12.6. The summed E-state index contributed by atoms with van der Waals surface area (Å²) >= 11 is 0.917. The molecule has 2 heterocycles. The van der Waals surface area contributed by atoms with Crippen LogP contribution in [-0.4, -0.2) is 30.3 Å². The van der Waals surface area contributed by atoms with E-state index in [9.17, 15) is 19.5 Å². The van der Waals surface area contributed by atoms with Crippen molar-refractivity contribution in [1.82, 2.24) is 19.1 Å². The van der Waals surface area contributed by atoms with Gasteiger partial charge in [-0.1, -0.05) is 32.5 Å². The molecule has 0 aliphatic heterocycles. The van der Waals surface area contributed by atoms with Gasteiger partial charge in [-0.15, -0.1) is 0 Å². The van der Waals surface area contributed by atoms with Crippen molar-refractivity contribution in [2.75, 3.05) is 0 Å². The molecule has 0 aliphatic carbocycles. The lowest BCUT2D eigenvalue weighted by Crippen LogP contribution is -2.38. The van der Waals surface area contributed by atoms with Gasteiger partial charge in [-0.05, 0) is 12.3 Å². The van der Waals surface area contributed by atoms with Crippen LogP contribution in [0.5, 0.6) is 0 Å². The van der Waals surface area contributed by atoms with Crippen LogP contribution in [0.1, 0.15) is 33.5 Å². The summed E-state index contributed by atoms with van der Waals surface area (Å²) in [6, 6.07) is 0. The van der Waals surface area contributed by atoms with Gasteiger partial charge < -0.3 is 9.90 Å². The van der Waals surface area contributed by atoms with Gasteiger partial charge >= 0.3 is 5.69 Å². The normalized spacial score (nSPS) is 13.2. The number of carbonyl (C=O) groups is 1. The third-order valence-electron chi connectivity index (χ3n) is 3.62. The fourth-order valence-electron chi connectivity index (χ4n) is 2.33. The third kappa shape index (κ3) is 3.92. The number of carbonyl (C=O) groups excluding carboxylic acids is 1. The number of aryl methyl sites for hydroxylation is 1. The average molecular weight is 365 g/mol. The smallest absolute Gasteiger partial charge is 0.332 e. The summed E-state index contributed by atoms with van der Waals surface area (Å²) in [7, 11) is 2.89. The highest BCUT2D eigenvalue weighted by molar-refractivity contribution is 8.00. The lowest BCUT2D eigenvalue weighted by Gasteiger charge is -2.19. The first-order valence-electron chi connectivity index (χ1n) is 7.76. The molecule has 0 fully saturated rings. The van der Waals surface area contributed by atoms with Crippen LogP contribution in [0.25, 0.3) is 11.0 Å². The van der Waals surface area contributed by atoms with E-state index in [0.717, 1.165) is 16.3 Å². The number of rotatable bonds is 4. The standard InChI is InChI=1S/C16H22N4O4S/c1-8(14(22)23)25-12-10-11(17-9(18-12)7-16(2,3)4)19(5)15(24)20(6)13(10)21/h8H,7H2,1-6H3,(H,22,23)/p-1/t8-/m0/s1. The number of carboxylic acids is 1. The quantitative estimate of drug-likeness (QED) is 0.547. The lowest BCUT2D eigenvalue weighted by molar-refractivity contribution is -0.304. The Bertz CT molecular complexity index is 956. The van der Waals surface area contributed by atoms with Crippen molar-refractivity contribution >= 4 is 28.8 Å². The third-order valence-corrected chi connectivity index (χ3v) is 4.69. The van der Waals surface area contributed by atoms with Crippen molar-refractivity contribution in [3.05, 3.63) is 26.7 Å². The number of fused-ring (bicyclic) bond motifs is 1. The van der Waals surface area contributed by atoms with Crippen LogP contribution in [0, 0.1) is 5.41 Å². The zero-order valence-corrected chi connectivity index (χ0v) is 15.9. The van der Waals surface area contributed by atoms with E-state index in [2.05, 4.69) is 9.97 Å². The zero-order chi connectivity index (χ0) is 19.1. The van der Waals surface area contributed by atoms with Crippen LogP contribution < -0.4 is 16.4 Å². The summed E-state index contributed by atoms with van der Waals surface area (Å²) in [5.41, 5.74) is -0.959. The minimum absolute atomic E-state index is 0.117. The Balaban J connectivity index is 2.84. The molecule has 25 heavy (non-hydrogen) atoms. The highest BCUT2D eigenvalue weighted by Gasteiger charge is 2.21. The zero-order valence-electron chi connectivity index (χ0n) is 15.1. The van der Waals surface area contributed by atoms with Crippen molar-refractivity contribution in [3.63, 3.8) is 0 Å². The second kappa shape index (κ2) is 6.62. The Labute approximate surface area is 148 Å². The number of aliphatic carboxylic acids is 1. The van der Waals surface area contributed by atoms with E-state index in [0.29, 0.717) is 12.2 Å². The van der Waals surface area contributed by atoms with Gasteiger partial charge in [0.25, 0.3) is 5.56 Å². The summed E-state index contributed by atoms with van der Waals surface area (Å²) in [5.74, 6) is -0.799. The van der Waals surface area contributed by atoms with Crippen molar-refractivity contribution < 1.29 is 9.90 Å². The van der Waals surface area contributed by atoms with E-state index in [1.165, 1.54) is 25.6 Å². The summed E-state index contributed by atoms with van der Waals surface area (Å²) in [5, 5.41) is 10.6. The molecular weight excluding hydrogens is 344 g/mol. The molecule has 0 unspecified atom stereocenters. The van der Waals surface area contributed by atoms with E-state index >= 15 is 0 Å². The second-order valence-electron chi connectivity index (χ2n) is 7.17. The Kier molecular flexibility index (Phi) is 5.08. The molecule has 2 aromatic rings. The first kappa shape index (κ1) is 19.2. The summed E-state index contributed by atoms with van der Waals surface area (Å²) < 4.78 is 2.24. The van der Waals surface area contributed by atoms with Crippen molar-refractivity contribution in [3.8, 4) is 0 Å². The van der Waals surface area contributed by atoms with Crippen LogP contribution in [0.4, 0.5) is 0 Å². The van der Waals surface area contributed by atoms with Gasteiger partial charge in [0.15, 0.2) is 5.65 Å². The van der Waals surface area contributed by atoms with Crippen molar-refractivity contribution in [2.24, 2.45) is 19.5 Å². The molecule has 0 aliphatic rings. The Morgan fingerprint density at radius 3 is 2.32 bits per heavy atom. The Hall–Kier alpha value is -2.16. The molecule has 1 atom stereocenters. The predicted molar refractivity (Wildman–Crippen MR) is 93.5 cm³/mol. The molecule has 0 N–H and O–H groups in total. The van der Waals surface area contributed by atoms with Gasteiger partial charge in [0.05, 0.1) is 5.97 Å². The van der Waals surface area contributed by atoms with Gasteiger partial charge in [0, 0.05) is 25.8 Å². The SMILES string of the molecule is C[C@H](Sc1nc(CC(C)(C)C)nc2c1c(=O)n(C)c(=O)n2C)C(=O)[O-]. The van der Waals surface area contributed by atoms with Gasteiger partial charge in [0.1, 0.15) is 16.2 Å². The first-order chi connectivity index (χ1) is 11.4. The summed E-state index contributed by atoms with van der Waals surface area (Å²) in [6.45, 7) is 7.50. The minimum atomic E-state index is -1.25. The van der Waals surface area contributed by atoms with E-state index in [-0.39, 0.29) is 21.5 Å². The first-order valence-corrected chi connectivity index (χ1v) is 8.64. The fraction of sp³-hybridized carbons (Fsp3) is 0.562. The second-order valence-corrected chi connectivity index (χ2v) is 8.50. The number of aromatic nitrogens is 4. The van der Waals surface area contributed by atoms with Gasteiger partial charge in [0.2, 0.25) is 0 Å². The molecule has 0 bridgehead atoms. The monoisotopic (exact) mass is 365 g/mol. The maximum Gasteiger partial charge on any atom is 0.332 e. The maximum atomic E-state index is 12.6. The van der Waals surface area contributed by atoms with Crippen LogP contribution in [0.15, 0.2) is 14.6 Å². The molecule has 2 aromatic heterocycles. The predicted octanol–water partition coefficient (Wildman–Crippen LogP) is -0.154. The Morgan fingerprint density at radius 2 is 1.80 bits per heavy atom. The molecule has 0 saturated heterocycles. The van der Waals surface area contributed by atoms with E-state index in [1.54, 1.807) is 0 Å². The van der Waals surface area contributed by atoms with Crippen LogP contribution in [0.2, 0.25) is 0 Å². The van der Waals surface area contributed by atoms with Crippen LogP contribution >= 0.6 is 11.8 Å². The van der Waals surface area contributed by atoms with Gasteiger partial charge in [-0.2, -0.15) is 0 Å². The lowest BCUT2D eigenvalue weighted by atomic mass is 9.92. The molecule has 2 rings (SSSR count). The van der Waals surface area contributed by atoms with Crippen LogP contribution in [0.3, 0.4) is 0 Å². The average Bonchev–Trinajstić information content (AvgIpc) is 2.48. The molecule has 0 aromatic carbocycles. The molecule has 136 valence electrons. The molecule has 9 heteroatoms.